The largest absolute Gasteiger partial charge is 0.494 e. The lowest BCUT2D eigenvalue weighted by Crippen LogP contribution is -2.19. The van der Waals surface area contributed by atoms with Gasteiger partial charge in [0.15, 0.2) is 0 Å². The van der Waals surface area contributed by atoms with Crippen LogP contribution in [0.2, 0.25) is 0 Å². The molecule has 0 spiro atoms. The SMILES string of the molecule is COc1c(Br)cc(/C=N\NC(=O)c2ccccc2-n2cccc2)cc1Br. The van der Waals surface area contributed by atoms with E-state index in [4.69, 9.17) is 4.74 Å². The van der Waals surface area contributed by atoms with Crippen LogP contribution in [-0.4, -0.2) is 23.8 Å². The van der Waals surface area contributed by atoms with Gasteiger partial charge in [-0.2, -0.15) is 5.10 Å². The highest BCUT2D eigenvalue weighted by Crippen LogP contribution is 2.33. The lowest BCUT2D eigenvalue weighted by Gasteiger charge is -2.09. The van der Waals surface area contributed by atoms with Crippen molar-refractivity contribution in [1.82, 2.24) is 9.99 Å². The molecule has 0 aliphatic carbocycles. The summed E-state index contributed by atoms with van der Waals surface area (Å²) in [6.07, 6.45) is 5.36. The zero-order valence-electron chi connectivity index (χ0n) is 13.8. The van der Waals surface area contributed by atoms with Crippen LogP contribution in [0.3, 0.4) is 0 Å². The van der Waals surface area contributed by atoms with Gasteiger partial charge in [-0.1, -0.05) is 12.1 Å². The summed E-state index contributed by atoms with van der Waals surface area (Å²) < 4.78 is 8.74. The first-order chi connectivity index (χ1) is 12.6. The Morgan fingerprint density at radius 1 is 1.12 bits per heavy atom. The molecular weight excluding hydrogens is 462 g/mol. The summed E-state index contributed by atoms with van der Waals surface area (Å²) in [5, 5.41) is 4.06. The molecule has 26 heavy (non-hydrogen) atoms. The van der Waals surface area contributed by atoms with E-state index in [1.54, 1.807) is 19.4 Å². The fourth-order valence-corrected chi connectivity index (χ4v) is 4.01. The highest BCUT2D eigenvalue weighted by molar-refractivity contribution is 9.11. The molecule has 1 aromatic heterocycles. The topological polar surface area (TPSA) is 55.6 Å². The van der Waals surface area contributed by atoms with Crippen molar-refractivity contribution in [1.29, 1.82) is 0 Å². The van der Waals surface area contributed by atoms with E-state index in [-0.39, 0.29) is 5.91 Å². The van der Waals surface area contributed by atoms with Crippen LogP contribution < -0.4 is 10.2 Å². The number of ether oxygens (including phenoxy) is 1. The van der Waals surface area contributed by atoms with Gasteiger partial charge in [-0.05, 0) is 73.8 Å². The van der Waals surface area contributed by atoms with Crippen LogP contribution in [0, 0.1) is 0 Å². The second-order valence-corrected chi connectivity index (χ2v) is 7.03. The Balaban J connectivity index is 1.77. The van der Waals surface area contributed by atoms with Gasteiger partial charge in [0, 0.05) is 12.4 Å². The number of hydrazone groups is 1. The van der Waals surface area contributed by atoms with Gasteiger partial charge in [0.1, 0.15) is 5.75 Å². The maximum atomic E-state index is 12.5. The summed E-state index contributed by atoms with van der Waals surface area (Å²) in [6, 6.07) is 14.9. The first-order valence-electron chi connectivity index (χ1n) is 7.69. The van der Waals surface area contributed by atoms with Crippen molar-refractivity contribution in [2.45, 2.75) is 0 Å². The molecule has 0 saturated heterocycles. The molecule has 3 rings (SSSR count). The van der Waals surface area contributed by atoms with Crippen molar-refractivity contribution in [3.8, 4) is 11.4 Å². The number of nitrogens with one attached hydrogen (secondary N) is 1. The fraction of sp³-hybridized carbons (Fsp3) is 0.0526. The minimum absolute atomic E-state index is 0.280. The van der Waals surface area contributed by atoms with Crippen molar-refractivity contribution in [2.24, 2.45) is 5.10 Å². The summed E-state index contributed by atoms with van der Waals surface area (Å²) in [7, 11) is 1.60. The normalized spacial score (nSPS) is 10.9. The summed E-state index contributed by atoms with van der Waals surface area (Å²) in [5.41, 5.74) is 4.71. The van der Waals surface area contributed by atoms with Gasteiger partial charge in [-0.15, -0.1) is 0 Å². The molecular formula is C19H15Br2N3O2. The number of halogens is 2. The van der Waals surface area contributed by atoms with E-state index in [1.165, 1.54) is 0 Å². The highest BCUT2D eigenvalue weighted by atomic mass is 79.9. The number of hydrogen-bond acceptors (Lipinski definition) is 3. The molecule has 0 saturated carbocycles. The predicted molar refractivity (Wildman–Crippen MR) is 109 cm³/mol. The summed E-state index contributed by atoms with van der Waals surface area (Å²) >= 11 is 6.88. The molecule has 0 atom stereocenters. The maximum absolute atomic E-state index is 12.5. The van der Waals surface area contributed by atoms with Gasteiger partial charge >= 0.3 is 0 Å². The Morgan fingerprint density at radius 3 is 2.42 bits per heavy atom. The van der Waals surface area contributed by atoms with Crippen molar-refractivity contribution < 1.29 is 9.53 Å². The second-order valence-electron chi connectivity index (χ2n) is 5.32. The Kier molecular flexibility index (Phi) is 5.90. The summed E-state index contributed by atoms with van der Waals surface area (Å²) in [5.74, 6) is 0.420. The lowest BCUT2D eigenvalue weighted by atomic mass is 10.1. The molecule has 0 radical (unpaired) electrons. The molecule has 7 heteroatoms. The number of hydrogen-bond donors (Lipinski definition) is 1. The molecule has 0 bridgehead atoms. The molecule has 1 N–H and O–H groups in total. The Labute approximate surface area is 167 Å². The van der Waals surface area contributed by atoms with E-state index < -0.39 is 0 Å². The number of carbonyl (C=O) groups is 1. The third-order valence-corrected chi connectivity index (χ3v) is 4.81. The zero-order valence-corrected chi connectivity index (χ0v) is 17.0. The summed E-state index contributed by atoms with van der Waals surface area (Å²) in [6.45, 7) is 0. The molecule has 1 heterocycles. The molecule has 0 aliphatic rings. The monoisotopic (exact) mass is 475 g/mol. The first kappa shape index (κ1) is 18.4. The van der Waals surface area contributed by atoms with E-state index in [2.05, 4.69) is 42.4 Å². The molecule has 1 amide bonds. The van der Waals surface area contributed by atoms with E-state index in [9.17, 15) is 4.79 Å². The van der Waals surface area contributed by atoms with Gasteiger partial charge in [-0.3, -0.25) is 4.79 Å². The number of methoxy groups -OCH3 is 1. The molecule has 5 nitrogen and oxygen atoms in total. The third-order valence-electron chi connectivity index (χ3n) is 3.64. The Hall–Kier alpha value is -2.38. The minimum Gasteiger partial charge on any atom is -0.494 e. The molecule has 0 aliphatic heterocycles. The average Bonchev–Trinajstić information content (AvgIpc) is 3.16. The van der Waals surface area contributed by atoms with Crippen molar-refractivity contribution in [3.05, 3.63) is 81.0 Å². The van der Waals surface area contributed by atoms with Gasteiger partial charge < -0.3 is 9.30 Å². The van der Waals surface area contributed by atoms with E-state index in [1.807, 2.05) is 59.4 Å². The minimum atomic E-state index is -0.280. The van der Waals surface area contributed by atoms with Crippen LogP contribution in [-0.2, 0) is 0 Å². The molecule has 0 unspecified atom stereocenters. The number of aromatic nitrogens is 1. The number of rotatable bonds is 5. The van der Waals surface area contributed by atoms with Gasteiger partial charge in [0.2, 0.25) is 0 Å². The van der Waals surface area contributed by atoms with E-state index in [0.29, 0.717) is 11.3 Å². The van der Waals surface area contributed by atoms with Crippen LogP contribution in [0.4, 0.5) is 0 Å². The fourth-order valence-electron chi connectivity index (χ4n) is 2.46. The quantitative estimate of drug-likeness (QED) is 0.425. The van der Waals surface area contributed by atoms with Crippen molar-refractivity contribution in [2.75, 3.05) is 7.11 Å². The standard InChI is InChI=1S/C19H15Br2N3O2/c1-26-18-15(20)10-13(11-16(18)21)12-22-23-19(25)14-6-2-3-7-17(14)24-8-4-5-9-24/h2-12H,1H3,(H,23,25)/b22-12-. The van der Waals surface area contributed by atoms with Gasteiger partial charge in [0.05, 0.1) is 33.5 Å². The van der Waals surface area contributed by atoms with Gasteiger partial charge in [-0.25, -0.2) is 5.43 Å². The third kappa shape index (κ3) is 4.05. The highest BCUT2D eigenvalue weighted by Gasteiger charge is 2.11. The number of benzene rings is 2. The zero-order chi connectivity index (χ0) is 18.5. The average molecular weight is 477 g/mol. The van der Waals surface area contributed by atoms with Crippen LogP contribution in [0.1, 0.15) is 15.9 Å². The second kappa shape index (κ2) is 8.33. The van der Waals surface area contributed by atoms with Crippen LogP contribution in [0.15, 0.2) is 75.0 Å². The molecule has 2 aromatic carbocycles. The number of amides is 1. The number of para-hydroxylation sites is 1. The Bertz CT molecular complexity index is 930. The maximum Gasteiger partial charge on any atom is 0.273 e. The van der Waals surface area contributed by atoms with Crippen LogP contribution in [0.5, 0.6) is 5.75 Å². The molecule has 3 aromatic rings. The number of nitrogens with zero attached hydrogens (tertiary/aromatic N) is 2. The Morgan fingerprint density at radius 2 is 1.77 bits per heavy atom. The van der Waals surface area contributed by atoms with Crippen molar-refractivity contribution in [3.63, 3.8) is 0 Å². The van der Waals surface area contributed by atoms with Crippen LogP contribution >= 0.6 is 31.9 Å². The summed E-state index contributed by atoms with van der Waals surface area (Å²) in [4.78, 5) is 12.5. The molecule has 0 fully saturated rings. The van der Waals surface area contributed by atoms with Crippen LogP contribution in [0.25, 0.3) is 5.69 Å². The number of carbonyl (C=O) groups excluding carboxylic acids is 1. The lowest BCUT2D eigenvalue weighted by molar-refractivity contribution is 0.0955. The smallest absolute Gasteiger partial charge is 0.273 e. The predicted octanol–water partition coefficient (Wildman–Crippen LogP) is 4.77. The molecule has 132 valence electrons. The van der Waals surface area contributed by atoms with E-state index >= 15 is 0 Å². The first-order valence-corrected chi connectivity index (χ1v) is 9.27. The van der Waals surface area contributed by atoms with Gasteiger partial charge in [0.25, 0.3) is 5.91 Å². The van der Waals surface area contributed by atoms with E-state index in [0.717, 1.165) is 20.2 Å². The van der Waals surface area contributed by atoms with Crippen molar-refractivity contribution >= 4 is 44.0 Å².